The fraction of sp³-hybridized carbons (Fsp3) is 0.904. The van der Waals surface area contributed by atoms with E-state index in [1.165, 1.54) is 225 Å². The molecule has 19 heteroatoms. The van der Waals surface area contributed by atoms with E-state index >= 15 is 0 Å². The number of aliphatic hydroxyl groups excluding tert-OH is 1. The molecule has 0 aromatic rings. The van der Waals surface area contributed by atoms with Gasteiger partial charge in [0, 0.05) is 25.7 Å². The number of aliphatic hydroxyl groups is 1. The predicted molar refractivity (Wildman–Crippen MR) is 418 cm³/mol. The number of esters is 4. The summed E-state index contributed by atoms with van der Waals surface area (Å²) in [6.07, 6.45) is 72.8. The molecule has 2 unspecified atom stereocenters. The van der Waals surface area contributed by atoms with E-state index in [9.17, 15) is 43.2 Å². The van der Waals surface area contributed by atoms with Crippen molar-refractivity contribution in [2.24, 2.45) is 0 Å². The normalized spacial score (nSPS) is 13.9. The molecule has 3 N–H and O–H groups in total. The summed E-state index contributed by atoms with van der Waals surface area (Å²) in [5.74, 6) is -2.13. The minimum absolute atomic E-state index is 0.0912. The third-order valence-corrected chi connectivity index (χ3v) is 20.8. The Morgan fingerprint density at radius 3 is 0.676 bits per heavy atom. The first kappa shape index (κ1) is 99.5. The zero-order valence-corrected chi connectivity index (χ0v) is 67.9. The van der Waals surface area contributed by atoms with Gasteiger partial charge in [-0.1, -0.05) is 347 Å². The molecule has 0 saturated carbocycles. The molecule has 0 radical (unpaired) electrons. The highest BCUT2D eigenvalue weighted by atomic mass is 31.2. The summed E-state index contributed by atoms with van der Waals surface area (Å²) in [6.45, 7) is 4.99. The van der Waals surface area contributed by atoms with Crippen molar-refractivity contribution in [1.82, 2.24) is 0 Å². The van der Waals surface area contributed by atoms with Crippen LogP contribution in [0, 0.1) is 0 Å². The molecule has 0 spiro atoms. The Morgan fingerprint density at radius 1 is 0.265 bits per heavy atom. The Bertz CT molecular complexity index is 2020. The van der Waals surface area contributed by atoms with Gasteiger partial charge in [-0.2, -0.15) is 0 Å². The highest BCUT2D eigenvalue weighted by molar-refractivity contribution is 7.47. The topological polar surface area (TPSA) is 237 Å². The number of carbonyl (C=O) groups excluding carboxylic acids is 4. The fourth-order valence-electron chi connectivity index (χ4n) is 12.4. The van der Waals surface area contributed by atoms with Crippen LogP contribution >= 0.6 is 15.6 Å². The largest absolute Gasteiger partial charge is 0.472 e. The van der Waals surface area contributed by atoms with Crippen LogP contribution in [0.2, 0.25) is 0 Å². The van der Waals surface area contributed by atoms with E-state index in [0.717, 1.165) is 122 Å². The molecule has 5 atom stereocenters. The van der Waals surface area contributed by atoms with Crippen molar-refractivity contribution in [3.63, 3.8) is 0 Å². The number of hydrogen-bond acceptors (Lipinski definition) is 15. The first-order chi connectivity index (χ1) is 49.7. The van der Waals surface area contributed by atoms with Crippen LogP contribution in [0.4, 0.5) is 0 Å². The average Bonchev–Trinajstić information content (AvgIpc) is 0.926. The number of carbonyl (C=O) groups is 4. The fourth-order valence-corrected chi connectivity index (χ4v) is 14.0. The maximum absolute atomic E-state index is 13.1. The van der Waals surface area contributed by atoms with Gasteiger partial charge >= 0.3 is 39.5 Å². The highest BCUT2D eigenvalue weighted by Crippen LogP contribution is 2.45. The lowest BCUT2D eigenvalue weighted by Gasteiger charge is -2.21. The van der Waals surface area contributed by atoms with Crippen molar-refractivity contribution in [3.05, 3.63) is 24.3 Å². The van der Waals surface area contributed by atoms with Crippen molar-refractivity contribution in [3.8, 4) is 0 Å². The molecule has 0 aliphatic heterocycles. The molecule has 0 aliphatic carbocycles. The maximum Gasteiger partial charge on any atom is 0.472 e. The van der Waals surface area contributed by atoms with Crippen LogP contribution in [0.1, 0.15) is 426 Å². The number of phosphoric ester groups is 2. The van der Waals surface area contributed by atoms with Crippen LogP contribution in [0.25, 0.3) is 0 Å². The van der Waals surface area contributed by atoms with Crippen LogP contribution in [0.15, 0.2) is 24.3 Å². The molecule has 0 rings (SSSR count). The molecule has 0 heterocycles. The number of phosphoric acid groups is 2. The molecular formula is C83H158O17P2. The van der Waals surface area contributed by atoms with Gasteiger partial charge in [-0.25, -0.2) is 9.13 Å². The van der Waals surface area contributed by atoms with Gasteiger partial charge in [0.25, 0.3) is 0 Å². The number of allylic oxidation sites excluding steroid dienone is 4. The molecule has 0 saturated heterocycles. The van der Waals surface area contributed by atoms with E-state index in [4.69, 9.17) is 37.0 Å². The minimum Gasteiger partial charge on any atom is -0.462 e. The standard InChI is InChI=1S/C83H158O17P2/c1-5-9-13-17-21-25-29-33-37-38-42-44-48-52-56-60-64-68-81(86)94-74-79(100-83(88)70-66-62-58-54-50-46-41-36-32-28-24-20-16-12-8-4)76-98-102(91,92)96-72-77(84)71-95-101(89,90)97-75-78(99-82(87)69-65-61-57-53-49-45-40-35-31-27-23-19-15-11-7-3)73-93-80(85)67-63-59-55-51-47-43-39-34-30-26-22-18-14-10-6-2/h34-35,39-40,77-79,84H,5-33,36-38,41-76H2,1-4H3,(H,89,90)(H,91,92)/b39-34-,40-35-/t77-,78+,79+/m0/s1. The lowest BCUT2D eigenvalue weighted by molar-refractivity contribution is -0.161. The molecule has 0 aromatic heterocycles. The van der Waals surface area contributed by atoms with Crippen LogP contribution < -0.4 is 0 Å². The van der Waals surface area contributed by atoms with Gasteiger partial charge in [0.1, 0.15) is 19.3 Å². The molecule has 602 valence electrons. The summed E-state index contributed by atoms with van der Waals surface area (Å²) in [7, 11) is -9.94. The van der Waals surface area contributed by atoms with Crippen molar-refractivity contribution < 1.29 is 80.2 Å². The lowest BCUT2D eigenvalue weighted by Crippen LogP contribution is -2.30. The number of rotatable bonds is 82. The molecule has 0 amide bonds. The monoisotopic (exact) mass is 1490 g/mol. The molecule has 0 aliphatic rings. The molecule has 0 fully saturated rings. The smallest absolute Gasteiger partial charge is 0.462 e. The third-order valence-electron chi connectivity index (χ3n) is 18.9. The number of hydrogen-bond donors (Lipinski definition) is 3. The van der Waals surface area contributed by atoms with Gasteiger partial charge in [0.15, 0.2) is 12.2 Å². The van der Waals surface area contributed by atoms with E-state index in [1.807, 2.05) is 0 Å². The van der Waals surface area contributed by atoms with E-state index in [0.29, 0.717) is 25.7 Å². The summed E-state index contributed by atoms with van der Waals surface area (Å²) in [4.78, 5) is 73.1. The second-order valence-electron chi connectivity index (χ2n) is 29.1. The van der Waals surface area contributed by atoms with Crippen molar-refractivity contribution in [1.29, 1.82) is 0 Å². The van der Waals surface area contributed by atoms with Crippen LogP contribution in [0.3, 0.4) is 0 Å². The van der Waals surface area contributed by atoms with Crippen LogP contribution in [-0.4, -0.2) is 96.7 Å². The van der Waals surface area contributed by atoms with Crippen molar-refractivity contribution >= 4 is 39.5 Å². The van der Waals surface area contributed by atoms with Crippen LogP contribution in [0.5, 0.6) is 0 Å². The van der Waals surface area contributed by atoms with Gasteiger partial charge in [-0.3, -0.25) is 37.3 Å². The van der Waals surface area contributed by atoms with Gasteiger partial charge in [0.05, 0.1) is 26.4 Å². The second kappa shape index (κ2) is 76.7. The average molecular weight is 1490 g/mol. The molecule has 102 heavy (non-hydrogen) atoms. The first-order valence-electron chi connectivity index (χ1n) is 42.6. The van der Waals surface area contributed by atoms with Gasteiger partial charge in [-0.15, -0.1) is 0 Å². The zero-order valence-electron chi connectivity index (χ0n) is 66.1. The van der Waals surface area contributed by atoms with E-state index < -0.39 is 97.5 Å². The summed E-state index contributed by atoms with van der Waals surface area (Å²) in [6, 6.07) is 0. The van der Waals surface area contributed by atoms with E-state index in [1.54, 1.807) is 0 Å². The number of unbranched alkanes of at least 4 members (excludes halogenated alkanes) is 52. The van der Waals surface area contributed by atoms with Crippen LogP contribution in [-0.2, 0) is 65.4 Å². The van der Waals surface area contributed by atoms with Gasteiger partial charge < -0.3 is 33.8 Å². The summed E-state index contributed by atoms with van der Waals surface area (Å²) in [5, 5.41) is 10.7. The van der Waals surface area contributed by atoms with Crippen molar-refractivity contribution in [2.75, 3.05) is 39.6 Å². The Labute approximate surface area is 624 Å². The maximum atomic E-state index is 13.1. The Morgan fingerprint density at radius 2 is 0.451 bits per heavy atom. The van der Waals surface area contributed by atoms with E-state index in [-0.39, 0.29) is 25.7 Å². The SMILES string of the molecule is CCCCCCCC/C=C\CCCCCCCC(=O)OC[C@H](COP(=O)(O)OC[C@H](O)COP(=O)(O)OC[C@@H](COC(=O)CCCCCCCCCCCCCCCCCCC)OC(=O)CCCCCCCCCCCCCCCCC)OC(=O)CCCCCCC/C=C\CCCCCCCC. The lowest BCUT2D eigenvalue weighted by atomic mass is 10.0. The number of ether oxygens (including phenoxy) is 4. The third kappa shape index (κ3) is 75.8. The Kier molecular flexibility index (Phi) is 74.9. The van der Waals surface area contributed by atoms with E-state index in [2.05, 4.69) is 52.0 Å². The Hall–Kier alpha value is -2.46. The highest BCUT2D eigenvalue weighted by Gasteiger charge is 2.30. The van der Waals surface area contributed by atoms with Crippen molar-refractivity contribution in [2.45, 2.75) is 444 Å². The minimum atomic E-state index is -4.97. The quantitative estimate of drug-likeness (QED) is 0.0169. The predicted octanol–water partition coefficient (Wildman–Crippen LogP) is 24.9. The summed E-state index contributed by atoms with van der Waals surface area (Å²) < 4.78 is 68.8. The summed E-state index contributed by atoms with van der Waals surface area (Å²) in [5.41, 5.74) is 0. The second-order valence-corrected chi connectivity index (χ2v) is 32.0. The summed E-state index contributed by atoms with van der Waals surface area (Å²) >= 11 is 0. The van der Waals surface area contributed by atoms with Gasteiger partial charge in [0.2, 0.25) is 0 Å². The molecular weight excluding hydrogens is 1330 g/mol. The first-order valence-corrected chi connectivity index (χ1v) is 45.6. The molecule has 0 bridgehead atoms. The molecule has 0 aromatic carbocycles. The molecule has 17 nitrogen and oxygen atoms in total. The zero-order chi connectivity index (χ0) is 74.6. The van der Waals surface area contributed by atoms with Gasteiger partial charge in [-0.05, 0) is 77.0 Å². The Balaban J connectivity index is 5.30.